The van der Waals surface area contributed by atoms with Gasteiger partial charge in [0.15, 0.2) is 9.84 Å². The summed E-state index contributed by atoms with van der Waals surface area (Å²) in [6, 6.07) is 7.69. The molecule has 6 heteroatoms. The lowest BCUT2D eigenvalue weighted by Gasteiger charge is -2.08. The van der Waals surface area contributed by atoms with Gasteiger partial charge in [-0.2, -0.15) is 0 Å². The summed E-state index contributed by atoms with van der Waals surface area (Å²) in [6.45, 7) is 0.635. The van der Waals surface area contributed by atoms with Crippen LogP contribution in [-0.4, -0.2) is 32.4 Å². The summed E-state index contributed by atoms with van der Waals surface area (Å²) in [5.41, 5.74) is 1.18. The highest BCUT2D eigenvalue weighted by Crippen LogP contribution is 2.22. The summed E-state index contributed by atoms with van der Waals surface area (Å²) in [4.78, 5) is 11.8. The fourth-order valence-electron chi connectivity index (χ4n) is 2.91. The van der Waals surface area contributed by atoms with Crippen molar-refractivity contribution in [2.24, 2.45) is 5.92 Å². The predicted octanol–water partition coefficient (Wildman–Crippen LogP) is 2.99. The molecule has 0 aromatic heterocycles. The average Bonchev–Trinajstić information content (AvgIpc) is 2.85. The Morgan fingerprint density at radius 2 is 1.96 bits per heavy atom. The molecule has 1 fully saturated rings. The van der Waals surface area contributed by atoms with Crippen molar-refractivity contribution < 1.29 is 13.2 Å². The maximum atomic E-state index is 11.8. The molecule has 1 heterocycles. The Labute approximate surface area is 143 Å². The van der Waals surface area contributed by atoms with Gasteiger partial charge in [-0.25, -0.2) is 8.42 Å². The molecule has 0 spiro atoms. The van der Waals surface area contributed by atoms with Crippen LogP contribution in [0.2, 0.25) is 5.02 Å². The Hall–Kier alpha value is -1.07. The third-order valence-electron chi connectivity index (χ3n) is 4.22. The zero-order valence-corrected chi connectivity index (χ0v) is 14.8. The van der Waals surface area contributed by atoms with Crippen LogP contribution in [0.1, 0.15) is 37.7 Å². The molecule has 23 heavy (non-hydrogen) atoms. The van der Waals surface area contributed by atoms with E-state index in [0.717, 1.165) is 37.1 Å². The van der Waals surface area contributed by atoms with E-state index in [-0.39, 0.29) is 11.8 Å². The molecule has 1 unspecified atom stereocenters. The largest absolute Gasteiger partial charge is 0.356 e. The summed E-state index contributed by atoms with van der Waals surface area (Å²) in [5, 5.41) is 3.64. The molecule has 1 aromatic rings. The number of amides is 1. The highest BCUT2D eigenvalue weighted by Gasteiger charge is 2.27. The lowest BCUT2D eigenvalue weighted by atomic mass is 10.0. The van der Waals surface area contributed by atoms with E-state index in [0.29, 0.717) is 24.5 Å². The van der Waals surface area contributed by atoms with Crippen LogP contribution in [0.3, 0.4) is 0 Å². The molecule has 2 rings (SSSR count). The number of halogens is 1. The van der Waals surface area contributed by atoms with Gasteiger partial charge in [-0.1, -0.05) is 23.7 Å². The summed E-state index contributed by atoms with van der Waals surface area (Å²) < 4.78 is 22.7. The van der Waals surface area contributed by atoms with Gasteiger partial charge >= 0.3 is 0 Å². The lowest BCUT2D eigenvalue weighted by Crippen LogP contribution is -2.24. The van der Waals surface area contributed by atoms with E-state index in [2.05, 4.69) is 5.32 Å². The van der Waals surface area contributed by atoms with Gasteiger partial charge < -0.3 is 5.32 Å². The number of hydrogen-bond donors (Lipinski definition) is 1. The Balaban J connectivity index is 1.52. The fourth-order valence-corrected chi connectivity index (χ4v) is 4.95. The number of nitrogens with one attached hydrogen (secondary N) is 1. The summed E-state index contributed by atoms with van der Waals surface area (Å²) >= 11 is 5.83. The van der Waals surface area contributed by atoms with Crippen molar-refractivity contribution in [3.05, 3.63) is 34.9 Å². The van der Waals surface area contributed by atoms with E-state index >= 15 is 0 Å². The minimum Gasteiger partial charge on any atom is -0.356 e. The molecule has 1 saturated heterocycles. The molecular formula is C17H24ClNO3S. The molecule has 128 valence electrons. The minimum atomic E-state index is -2.79. The monoisotopic (exact) mass is 357 g/mol. The van der Waals surface area contributed by atoms with Crippen molar-refractivity contribution in [3.63, 3.8) is 0 Å². The van der Waals surface area contributed by atoms with E-state index in [1.54, 1.807) is 0 Å². The van der Waals surface area contributed by atoms with Crippen molar-refractivity contribution in [2.75, 3.05) is 18.1 Å². The van der Waals surface area contributed by atoms with Gasteiger partial charge in [0.1, 0.15) is 0 Å². The van der Waals surface area contributed by atoms with E-state index in [1.807, 2.05) is 24.3 Å². The molecule has 1 aromatic carbocycles. The van der Waals surface area contributed by atoms with Crippen LogP contribution < -0.4 is 5.32 Å². The van der Waals surface area contributed by atoms with Gasteiger partial charge in [-0.05, 0) is 55.7 Å². The van der Waals surface area contributed by atoms with Crippen molar-refractivity contribution >= 4 is 27.3 Å². The summed E-state index contributed by atoms with van der Waals surface area (Å²) in [7, 11) is -2.79. The number of sulfone groups is 1. The number of benzene rings is 1. The van der Waals surface area contributed by atoms with Crippen LogP contribution in [-0.2, 0) is 21.1 Å². The molecule has 0 radical (unpaired) electrons. The molecule has 0 saturated carbocycles. The first-order chi connectivity index (χ1) is 10.9. The van der Waals surface area contributed by atoms with Gasteiger partial charge in [-0.15, -0.1) is 0 Å². The van der Waals surface area contributed by atoms with Crippen molar-refractivity contribution in [1.82, 2.24) is 5.32 Å². The number of aryl methyl sites for hydroxylation is 1. The second kappa shape index (κ2) is 8.69. The topological polar surface area (TPSA) is 63.2 Å². The van der Waals surface area contributed by atoms with E-state index in [9.17, 15) is 13.2 Å². The van der Waals surface area contributed by atoms with Crippen LogP contribution in [0.15, 0.2) is 24.3 Å². The first kappa shape index (κ1) is 18.3. The number of rotatable bonds is 8. The van der Waals surface area contributed by atoms with Gasteiger partial charge in [0.25, 0.3) is 0 Å². The Bertz CT molecular complexity index is 613. The van der Waals surface area contributed by atoms with E-state index in [1.165, 1.54) is 5.56 Å². The SMILES string of the molecule is O=C(CCCc1ccc(Cl)cc1)NCCCC1CCS(=O)(=O)C1. The smallest absolute Gasteiger partial charge is 0.220 e. The van der Waals surface area contributed by atoms with Crippen molar-refractivity contribution in [3.8, 4) is 0 Å². The van der Waals surface area contributed by atoms with E-state index in [4.69, 9.17) is 11.6 Å². The number of hydrogen-bond acceptors (Lipinski definition) is 3. The standard InChI is InChI=1S/C17H24ClNO3S/c18-16-8-6-14(7-9-16)3-1-5-17(20)19-11-2-4-15-10-12-23(21,22)13-15/h6-9,15H,1-5,10-13H2,(H,19,20). The Kier molecular flexibility index (Phi) is 6.90. The first-order valence-corrected chi connectivity index (χ1v) is 10.4. The highest BCUT2D eigenvalue weighted by atomic mass is 35.5. The average molecular weight is 358 g/mol. The minimum absolute atomic E-state index is 0.0676. The number of carbonyl (C=O) groups is 1. The zero-order valence-electron chi connectivity index (χ0n) is 13.3. The molecule has 1 aliphatic heterocycles. The molecule has 0 bridgehead atoms. The van der Waals surface area contributed by atoms with Gasteiger partial charge in [0.05, 0.1) is 11.5 Å². The maximum absolute atomic E-state index is 11.8. The van der Waals surface area contributed by atoms with Crippen LogP contribution >= 0.6 is 11.6 Å². The Morgan fingerprint density at radius 1 is 1.22 bits per heavy atom. The maximum Gasteiger partial charge on any atom is 0.220 e. The second-order valence-electron chi connectivity index (χ2n) is 6.24. The van der Waals surface area contributed by atoms with Crippen LogP contribution in [0.5, 0.6) is 0 Å². The number of carbonyl (C=O) groups excluding carboxylic acids is 1. The first-order valence-electron chi connectivity index (χ1n) is 8.16. The molecule has 0 aliphatic carbocycles. The second-order valence-corrected chi connectivity index (χ2v) is 8.91. The highest BCUT2D eigenvalue weighted by molar-refractivity contribution is 7.91. The summed E-state index contributed by atoms with van der Waals surface area (Å²) in [5.74, 6) is 0.997. The summed E-state index contributed by atoms with van der Waals surface area (Å²) in [6.07, 6.45) is 4.70. The van der Waals surface area contributed by atoms with Crippen LogP contribution in [0, 0.1) is 5.92 Å². The Morgan fingerprint density at radius 3 is 2.61 bits per heavy atom. The third-order valence-corrected chi connectivity index (χ3v) is 6.31. The third kappa shape index (κ3) is 6.92. The van der Waals surface area contributed by atoms with Crippen molar-refractivity contribution in [2.45, 2.75) is 38.5 Å². The van der Waals surface area contributed by atoms with Crippen molar-refractivity contribution in [1.29, 1.82) is 0 Å². The predicted molar refractivity (Wildman–Crippen MR) is 93.4 cm³/mol. The quantitative estimate of drug-likeness (QED) is 0.727. The lowest BCUT2D eigenvalue weighted by molar-refractivity contribution is -0.121. The van der Waals surface area contributed by atoms with Crippen LogP contribution in [0.25, 0.3) is 0 Å². The zero-order chi connectivity index (χ0) is 16.7. The molecule has 1 aliphatic rings. The molecule has 1 N–H and O–H groups in total. The molecule has 1 amide bonds. The van der Waals surface area contributed by atoms with E-state index < -0.39 is 9.84 Å². The van der Waals surface area contributed by atoms with Crippen LogP contribution in [0.4, 0.5) is 0 Å². The van der Waals surface area contributed by atoms with Gasteiger partial charge in [-0.3, -0.25) is 4.79 Å². The molecule has 1 atom stereocenters. The molecule has 4 nitrogen and oxygen atoms in total. The normalized spacial score (nSPS) is 19.6. The fraction of sp³-hybridized carbons (Fsp3) is 0.588. The van der Waals surface area contributed by atoms with Gasteiger partial charge in [0.2, 0.25) is 5.91 Å². The van der Waals surface area contributed by atoms with Gasteiger partial charge in [0, 0.05) is 18.0 Å². The molecular weight excluding hydrogens is 334 g/mol.